The molecule has 4 heteroatoms. The van der Waals surface area contributed by atoms with Crippen molar-refractivity contribution in [3.63, 3.8) is 0 Å². The van der Waals surface area contributed by atoms with Crippen LogP contribution >= 0.6 is 15.9 Å². The Morgan fingerprint density at radius 3 is 2.69 bits per heavy atom. The van der Waals surface area contributed by atoms with Crippen LogP contribution in [-0.4, -0.2) is 35.0 Å². The molecule has 0 aliphatic carbocycles. The molecular formula is C12H22BrNO2. The van der Waals surface area contributed by atoms with E-state index in [4.69, 9.17) is 4.74 Å². The Labute approximate surface area is 107 Å². The summed E-state index contributed by atoms with van der Waals surface area (Å²) in [6.45, 7) is 7.37. The Morgan fingerprint density at radius 1 is 1.44 bits per heavy atom. The quantitative estimate of drug-likeness (QED) is 0.693. The van der Waals surface area contributed by atoms with Crippen LogP contribution in [0.25, 0.3) is 0 Å². The Balaban J connectivity index is 2.53. The summed E-state index contributed by atoms with van der Waals surface area (Å²) in [5.74, 6) is 0.565. The molecule has 16 heavy (non-hydrogen) atoms. The van der Waals surface area contributed by atoms with Crippen LogP contribution in [0.15, 0.2) is 0 Å². The van der Waals surface area contributed by atoms with Crippen LogP contribution in [0.2, 0.25) is 0 Å². The SMILES string of the molecule is CC(C)(C)OC(=O)N1CCCCC(CBr)C1. The number of hydrogen-bond acceptors (Lipinski definition) is 2. The van der Waals surface area contributed by atoms with E-state index in [2.05, 4.69) is 15.9 Å². The first-order chi connectivity index (χ1) is 7.42. The van der Waals surface area contributed by atoms with E-state index in [0.29, 0.717) is 5.92 Å². The van der Waals surface area contributed by atoms with Crippen LogP contribution in [0.5, 0.6) is 0 Å². The van der Waals surface area contributed by atoms with Gasteiger partial charge in [0.05, 0.1) is 0 Å². The summed E-state index contributed by atoms with van der Waals surface area (Å²) >= 11 is 3.50. The fourth-order valence-corrected chi connectivity index (χ4v) is 2.38. The molecule has 1 atom stereocenters. The van der Waals surface area contributed by atoms with Gasteiger partial charge in [0.25, 0.3) is 0 Å². The Kier molecular flexibility index (Phi) is 5.09. The van der Waals surface area contributed by atoms with Gasteiger partial charge in [0.2, 0.25) is 0 Å². The van der Waals surface area contributed by atoms with Crippen molar-refractivity contribution in [2.75, 3.05) is 18.4 Å². The number of ether oxygens (including phenoxy) is 1. The van der Waals surface area contributed by atoms with Gasteiger partial charge in [0.1, 0.15) is 5.60 Å². The molecule has 0 spiro atoms. The molecule has 0 aromatic carbocycles. The van der Waals surface area contributed by atoms with Crippen LogP contribution in [0.1, 0.15) is 40.0 Å². The molecule has 0 N–H and O–H groups in total. The zero-order chi connectivity index (χ0) is 12.2. The highest BCUT2D eigenvalue weighted by atomic mass is 79.9. The number of carbonyl (C=O) groups is 1. The molecule has 1 amide bonds. The molecule has 1 heterocycles. The second-order valence-electron chi connectivity index (χ2n) is 5.44. The largest absolute Gasteiger partial charge is 0.444 e. The molecule has 1 fully saturated rings. The van der Waals surface area contributed by atoms with E-state index in [1.165, 1.54) is 12.8 Å². The van der Waals surface area contributed by atoms with Gasteiger partial charge >= 0.3 is 6.09 Å². The zero-order valence-electron chi connectivity index (χ0n) is 10.5. The van der Waals surface area contributed by atoms with Gasteiger partial charge in [-0.15, -0.1) is 0 Å². The number of nitrogens with zero attached hydrogens (tertiary/aromatic N) is 1. The van der Waals surface area contributed by atoms with Crippen molar-refractivity contribution in [1.29, 1.82) is 0 Å². The molecule has 0 aromatic rings. The number of alkyl halides is 1. The topological polar surface area (TPSA) is 29.5 Å². The number of carbonyl (C=O) groups excluding carboxylic acids is 1. The Morgan fingerprint density at radius 2 is 2.12 bits per heavy atom. The first kappa shape index (κ1) is 13.8. The van der Waals surface area contributed by atoms with E-state index >= 15 is 0 Å². The van der Waals surface area contributed by atoms with Crippen molar-refractivity contribution in [1.82, 2.24) is 4.90 Å². The lowest BCUT2D eigenvalue weighted by Crippen LogP contribution is -2.39. The van der Waals surface area contributed by atoms with E-state index in [1.54, 1.807) is 0 Å². The Hall–Kier alpha value is -0.250. The minimum Gasteiger partial charge on any atom is -0.444 e. The van der Waals surface area contributed by atoms with Gasteiger partial charge in [-0.05, 0) is 39.5 Å². The third-order valence-corrected chi connectivity index (χ3v) is 3.55. The summed E-state index contributed by atoms with van der Waals surface area (Å²) in [4.78, 5) is 13.8. The predicted octanol–water partition coefficient (Wildman–Crippen LogP) is 3.42. The van der Waals surface area contributed by atoms with Crippen LogP contribution in [0.4, 0.5) is 4.79 Å². The highest BCUT2D eigenvalue weighted by Crippen LogP contribution is 2.20. The molecule has 94 valence electrons. The van der Waals surface area contributed by atoms with E-state index in [0.717, 1.165) is 24.8 Å². The summed E-state index contributed by atoms with van der Waals surface area (Å²) in [6, 6.07) is 0. The molecular weight excluding hydrogens is 270 g/mol. The lowest BCUT2D eigenvalue weighted by atomic mass is 10.1. The van der Waals surface area contributed by atoms with Gasteiger partial charge in [-0.2, -0.15) is 0 Å². The molecule has 0 saturated carbocycles. The fraction of sp³-hybridized carbons (Fsp3) is 0.917. The Bertz CT molecular complexity index is 238. The summed E-state index contributed by atoms with van der Waals surface area (Å²) in [5.41, 5.74) is -0.396. The average Bonchev–Trinajstić information content (AvgIpc) is 2.39. The van der Waals surface area contributed by atoms with Gasteiger partial charge in [-0.1, -0.05) is 22.4 Å². The predicted molar refractivity (Wildman–Crippen MR) is 68.9 cm³/mol. The number of halogens is 1. The summed E-state index contributed by atoms with van der Waals surface area (Å²) in [6.07, 6.45) is 3.32. The lowest BCUT2D eigenvalue weighted by molar-refractivity contribution is 0.0239. The maximum atomic E-state index is 11.9. The monoisotopic (exact) mass is 291 g/mol. The third-order valence-electron chi connectivity index (χ3n) is 2.64. The van der Waals surface area contributed by atoms with Gasteiger partial charge in [-0.25, -0.2) is 4.79 Å². The molecule has 0 bridgehead atoms. The molecule has 1 saturated heterocycles. The molecule has 3 nitrogen and oxygen atoms in total. The van der Waals surface area contributed by atoms with E-state index in [1.807, 2.05) is 25.7 Å². The van der Waals surface area contributed by atoms with Crippen LogP contribution in [0, 0.1) is 5.92 Å². The summed E-state index contributed by atoms with van der Waals surface area (Å²) < 4.78 is 5.40. The van der Waals surface area contributed by atoms with E-state index in [9.17, 15) is 4.79 Å². The van der Waals surface area contributed by atoms with Gasteiger partial charge in [0, 0.05) is 18.4 Å². The summed E-state index contributed by atoms with van der Waals surface area (Å²) in [7, 11) is 0. The maximum absolute atomic E-state index is 11.9. The summed E-state index contributed by atoms with van der Waals surface area (Å²) in [5, 5.41) is 0.965. The van der Waals surface area contributed by atoms with Crippen LogP contribution < -0.4 is 0 Å². The van der Waals surface area contributed by atoms with Crippen LogP contribution in [0.3, 0.4) is 0 Å². The van der Waals surface area contributed by atoms with Crippen molar-refractivity contribution < 1.29 is 9.53 Å². The van der Waals surface area contributed by atoms with Gasteiger partial charge in [-0.3, -0.25) is 0 Å². The number of likely N-dealkylation sites (tertiary alicyclic amines) is 1. The fourth-order valence-electron chi connectivity index (χ4n) is 1.85. The van der Waals surface area contributed by atoms with E-state index in [-0.39, 0.29) is 6.09 Å². The van der Waals surface area contributed by atoms with E-state index < -0.39 is 5.60 Å². The smallest absolute Gasteiger partial charge is 0.410 e. The highest BCUT2D eigenvalue weighted by molar-refractivity contribution is 9.09. The minimum absolute atomic E-state index is 0.166. The van der Waals surface area contributed by atoms with Crippen molar-refractivity contribution in [3.05, 3.63) is 0 Å². The number of rotatable bonds is 1. The minimum atomic E-state index is -0.396. The van der Waals surface area contributed by atoms with Crippen LogP contribution in [-0.2, 0) is 4.74 Å². The molecule has 0 aromatic heterocycles. The average molecular weight is 292 g/mol. The van der Waals surface area contributed by atoms with Crippen molar-refractivity contribution in [2.24, 2.45) is 5.92 Å². The first-order valence-electron chi connectivity index (χ1n) is 5.96. The first-order valence-corrected chi connectivity index (χ1v) is 7.08. The molecule has 1 unspecified atom stereocenters. The second kappa shape index (κ2) is 5.89. The maximum Gasteiger partial charge on any atom is 0.410 e. The van der Waals surface area contributed by atoms with Crippen molar-refractivity contribution in [2.45, 2.75) is 45.6 Å². The molecule has 1 rings (SSSR count). The molecule has 0 radical (unpaired) electrons. The second-order valence-corrected chi connectivity index (χ2v) is 6.09. The van der Waals surface area contributed by atoms with Crippen molar-refractivity contribution in [3.8, 4) is 0 Å². The normalized spacial score (nSPS) is 22.8. The van der Waals surface area contributed by atoms with Gasteiger partial charge < -0.3 is 9.64 Å². The molecule has 1 aliphatic heterocycles. The number of amides is 1. The molecule has 1 aliphatic rings. The standard InChI is InChI=1S/C12H22BrNO2/c1-12(2,3)16-11(15)14-7-5-4-6-10(8-13)9-14/h10H,4-9H2,1-3H3. The zero-order valence-corrected chi connectivity index (χ0v) is 12.0. The van der Waals surface area contributed by atoms with Crippen molar-refractivity contribution >= 4 is 22.0 Å². The highest BCUT2D eigenvalue weighted by Gasteiger charge is 2.25. The lowest BCUT2D eigenvalue weighted by Gasteiger charge is -2.27. The number of hydrogen-bond donors (Lipinski definition) is 0. The third kappa shape index (κ3) is 4.73. The van der Waals surface area contributed by atoms with Gasteiger partial charge in [0.15, 0.2) is 0 Å².